The summed E-state index contributed by atoms with van der Waals surface area (Å²) in [4.78, 5) is 3.99. The summed E-state index contributed by atoms with van der Waals surface area (Å²) in [6.07, 6.45) is 1.46. The van der Waals surface area contributed by atoms with Gasteiger partial charge in [-0.3, -0.25) is 0 Å². The third-order valence-corrected chi connectivity index (χ3v) is 4.29. The Morgan fingerprint density at radius 2 is 1.92 bits per heavy atom. The van der Waals surface area contributed by atoms with Gasteiger partial charge in [0.15, 0.2) is 5.76 Å². The molecule has 25 heavy (non-hydrogen) atoms. The van der Waals surface area contributed by atoms with E-state index in [4.69, 9.17) is 14.3 Å². The van der Waals surface area contributed by atoms with Gasteiger partial charge in [-0.2, -0.15) is 0 Å². The van der Waals surface area contributed by atoms with E-state index < -0.39 is 10.0 Å². The van der Waals surface area contributed by atoms with Crippen LogP contribution in [0.15, 0.2) is 58.0 Å². The number of hydrogen-bond donors (Lipinski definition) is 2. The normalized spacial score (nSPS) is 11.3. The Morgan fingerprint density at radius 3 is 2.56 bits per heavy atom. The number of rotatable bonds is 5. The largest absolute Gasteiger partial charge is 0.495 e. The second-order valence-electron chi connectivity index (χ2n) is 5.07. The summed E-state index contributed by atoms with van der Waals surface area (Å²) in [7, 11) is -2.43. The van der Waals surface area contributed by atoms with Crippen molar-refractivity contribution in [1.29, 1.82) is 0 Å². The minimum Gasteiger partial charge on any atom is -0.495 e. The van der Waals surface area contributed by atoms with Crippen LogP contribution in [0.2, 0.25) is 0 Å². The SMILES string of the molecule is COc1ccc(S(N)(=O)=O)cc1Nc1ncc(-c2ccc(F)cc2)o1. The van der Waals surface area contributed by atoms with Gasteiger partial charge in [-0.05, 0) is 42.5 Å². The van der Waals surface area contributed by atoms with Gasteiger partial charge in [-0.25, -0.2) is 22.9 Å². The number of methoxy groups -OCH3 is 1. The van der Waals surface area contributed by atoms with E-state index in [1.54, 1.807) is 12.1 Å². The van der Waals surface area contributed by atoms with Gasteiger partial charge < -0.3 is 14.5 Å². The zero-order valence-electron chi connectivity index (χ0n) is 13.1. The molecule has 1 aromatic heterocycles. The molecule has 0 aliphatic rings. The van der Waals surface area contributed by atoms with Gasteiger partial charge in [-0.1, -0.05) is 0 Å². The van der Waals surface area contributed by atoms with Crippen molar-refractivity contribution in [2.24, 2.45) is 5.14 Å². The Balaban J connectivity index is 1.91. The van der Waals surface area contributed by atoms with E-state index in [0.29, 0.717) is 22.8 Å². The molecule has 2 aromatic carbocycles. The maximum absolute atomic E-state index is 13.0. The van der Waals surface area contributed by atoms with Crippen LogP contribution < -0.4 is 15.2 Å². The fourth-order valence-electron chi connectivity index (χ4n) is 2.16. The quantitative estimate of drug-likeness (QED) is 0.722. The molecule has 0 aliphatic carbocycles. The van der Waals surface area contributed by atoms with Crippen molar-refractivity contribution < 1.29 is 22.0 Å². The lowest BCUT2D eigenvalue weighted by Crippen LogP contribution is -2.12. The van der Waals surface area contributed by atoms with E-state index in [1.165, 1.54) is 43.6 Å². The molecular weight excluding hydrogens is 349 g/mol. The number of anilines is 2. The zero-order chi connectivity index (χ0) is 18.0. The lowest BCUT2D eigenvalue weighted by atomic mass is 10.2. The van der Waals surface area contributed by atoms with E-state index in [2.05, 4.69) is 10.3 Å². The molecule has 0 saturated carbocycles. The first-order valence-corrected chi connectivity index (χ1v) is 8.61. The molecule has 0 saturated heterocycles. The number of aromatic nitrogens is 1. The number of nitrogens with one attached hydrogen (secondary N) is 1. The van der Waals surface area contributed by atoms with Crippen LogP contribution in [0.5, 0.6) is 5.75 Å². The van der Waals surface area contributed by atoms with Crippen LogP contribution in [0, 0.1) is 5.82 Å². The van der Waals surface area contributed by atoms with Crippen LogP contribution in [-0.2, 0) is 10.0 Å². The Hall–Kier alpha value is -2.91. The standard InChI is InChI=1S/C16H14FN3O4S/c1-23-14-7-6-12(25(18,21)22)8-13(14)20-16-19-9-15(24-16)10-2-4-11(17)5-3-10/h2-9H,1H3,(H,19,20)(H2,18,21,22). The van der Waals surface area contributed by atoms with Gasteiger partial charge in [-0.15, -0.1) is 0 Å². The lowest BCUT2D eigenvalue weighted by molar-refractivity contribution is 0.416. The number of hydrogen-bond acceptors (Lipinski definition) is 6. The predicted octanol–water partition coefficient (Wildman–Crippen LogP) is 2.88. The third kappa shape index (κ3) is 3.78. The van der Waals surface area contributed by atoms with Gasteiger partial charge in [0.1, 0.15) is 11.6 Å². The summed E-state index contributed by atoms with van der Waals surface area (Å²) in [6.45, 7) is 0. The molecule has 0 amide bonds. The van der Waals surface area contributed by atoms with E-state index in [1.807, 2.05) is 0 Å². The summed E-state index contributed by atoms with van der Waals surface area (Å²) < 4.78 is 46.7. The third-order valence-electron chi connectivity index (χ3n) is 3.38. The number of halogens is 1. The van der Waals surface area contributed by atoms with Crippen LogP contribution >= 0.6 is 0 Å². The second kappa shape index (κ2) is 6.54. The molecule has 0 spiro atoms. The number of nitrogens with two attached hydrogens (primary N) is 1. The van der Waals surface area contributed by atoms with Gasteiger partial charge >= 0.3 is 0 Å². The van der Waals surface area contributed by atoms with Crippen LogP contribution in [0.25, 0.3) is 11.3 Å². The molecule has 9 heteroatoms. The number of sulfonamides is 1. The smallest absolute Gasteiger partial charge is 0.299 e. The van der Waals surface area contributed by atoms with Crippen molar-refractivity contribution in [3.05, 3.63) is 54.5 Å². The van der Waals surface area contributed by atoms with Crippen molar-refractivity contribution in [2.75, 3.05) is 12.4 Å². The molecule has 0 unspecified atom stereocenters. The van der Waals surface area contributed by atoms with Crippen molar-refractivity contribution in [3.8, 4) is 17.1 Å². The highest BCUT2D eigenvalue weighted by Crippen LogP contribution is 2.31. The van der Waals surface area contributed by atoms with Crippen LogP contribution in [0.3, 0.4) is 0 Å². The summed E-state index contributed by atoms with van der Waals surface area (Å²) >= 11 is 0. The topological polar surface area (TPSA) is 107 Å². The number of nitrogens with zero attached hydrogens (tertiary/aromatic N) is 1. The molecule has 0 atom stereocenters. The molecule has 0 fully saturated rings. The molecule has 7 nitrogen and oxygen atoms in total. The Morgan fingerprint density at radius 1 is 1.20 bits per heavy atom. The number of primary sulfonamides is 1. The summed E-state index contributed by atoms with van der Waals surface area (Å²) in [5.41, 5.74) is 0.966. The average Bonchev–Trinajstić information content (AvgIpc) is 3.03. The molecule has 1 heterocycles. The summed E-state index contributed by atoms with van der Waals surface area (Å²) in [6, 6.07) is 9.96. The minimum absolute atomic E-state index is 0.0823. The van der Waals surface area contributed by atoms with E-state index in [-0.39, 0.29) is 16.7 Å². The van der Waals surface area contributed by atoms with Crippen molar-refractivity contribution >= 4 is 21.7 Å². The molecule has 0 aliphatic heterocycles. The molecule has 3 aromatic rings. The number of oxazole rings is 1. The summed E-state index contributed by atoms with van der Waals surface area (Å²) in [5, 5.41) is 7.98. The predicted molar refractivity (Wildman–Crippen MR) is 89.5 cm³/mol. The average molecular weight is 363 g/mol. The molecule has 0 bridgehead atoms. The van der Waals surface area contributed by atoms with E-state index in [0.717, 1.165) is 0 Å². The van der Waals surface area contributed by atoms with Gasteiger partial charge in [0.2, 0.25) is 10.0 Å². The van der Waals surface area contributed by atoms with E-state index >= 15 is 0 Å². The Bertz CT molecular complexity index is 1000. The first kappa shape index (κ1) is 16.9. The molecular formula is C16H14FN3O4S. The maximum atomic E-state index is 13.0. The highest BCUT2D eigenvalue weighted by molar-refractivity contribution is 7.89. The monoisotopic (exact) mass is 363 g/mol. The van der Waals surface area contributed by atoms with E-state index in [9.17, 15) is 12.8 Å². The van der Waals surface area contributed by atoms with Crippen LogP contribution in [0.4, 0.5) is 16.1 Å². The first-order valence-electron chi connectivity index (χ1n) is 7.06. The highest BCUT2D eigenvalue weighted by Gasteiger charge is 2.14. The molecule has 3 rings (SSSR count). The van der Waals surface area contributed by atoms with Crippen molar-refractivity contribution in [2.45, 2.75) is 4.90 Å². The van der Waals surface area contributed by atoms with Crippen molar-refractivity contribution in [3.63, 3.8) is 0 Å². The maximum Gasteiger partial charge on any atom is 0.299 e. The fourth-order valence-corrected chi connectivity index (χ4v) is 2.70. The van der Waals surface area contributed by atoms with Crippen molar-refractivity contribution in [1.82, 2.24) is 4.98 Å². The molecule has 130 valence electrons. The zero-order valence-corrected chi connectivity index (χ0v) is 13.9. The fraction of sp³-hybridized carbons (Fsp3) is 0.0625. The Kier molecular flexibility index (Phi) is 4.43. The number of ether oxygens (including phenoxy) is 1. The van der Waals surface area contributed by atoms with Gasteiger partial charge in [0.05, 0.1) is 23.9 Å². The number of benzene rings is 2. The highest BCUT2D eigenvalue weighted by atomic mass is 32.2. The van der Waals surface area contributed by atoms with Crippen LogP contribution in [-0.4, -0.2) is 20.5 Å². The van der Waals surface area contributed by atoms with Gasteiger partial charge in [0, 0.05) is 5.56 Å². The Labute approximate surface area is 143 Å². The van der Waals surface area contributed by atoms with Gasteiger partial charge in [0.25, 0.3) is 6.01 Å². The molecule has 3 N–H and O–H groups in total. The first-order chi connectivity index (χ1) is 11.9. The minimum atomic E-state index is -3.87. The summed E-state index contributed by atoms with van der Waals surface area (Å²) in [5.74, 6) is 0.448. The second-order valence-corrected chi connectivity index (χ2v) is 6.63. The lowest BCUT2D eigenvalue weighted by Gasteiger charge is -2.10. The molecule has 0 radical (unpaired) electrons. The van der Waals surface area contributed by atoms with Crippen LogP contribution in [0.1, 0.15) is 0 Å².